The molecule has 0 fully saturated rings. The standard InChI is InChI=1S/C10H9F2N3O3/c11-10(12)18-7-4-2-1-3-6(7)5-14-15-9(17)8(13)16/h1-5,10H,(H2,13,16)(H,15,17)/b14-5-. The summed E-state index contributed by atoms with van der Waals surface area (Å²) in [7, 11) is 0. The number of ether oxygens (including phenoxy) is 1. The maximum Gasteiger partial charge on any atom is 0.387 e. The van der Waals surface area contributed by atoms with Crippen LogP contribution in [-0.4, -0.2) is 24.6 Å². The van der Waals surface area contributed by atoms with Crippen LogP contribution in [-0.2, 0) is 9.59 Å². The van der Waals surface area contributed by atoms with Crippen LogP contribution in [0.4, 0.5) is 8.78 Å². The molecule has 0 saturated carbocycles. The highest BCUT2D eigenvalue weighted by Crippen LogP contribution is 2.18. The van der Waals surface area contributed by atoms with Crippen LogP contribution in [0.3, 0.4) is 0 Å². The molecule has 0 spiro atoms. The maximum absolute atomic E-state index is 12.1. The first kappa shape index (κ1) is 13.6. The summed E-state index contributed by atoms with van der Waals surface area (Å²) in [6.45, 7) is -2.97. The number of carbonyl (C=O) groups excluding carboxylic acids is 2. The van der Waals surface area contributed by atoms with Gasteiger partial charge in [-0.2, -0.15) is 13.9 Å². The first-order chi connectivity index (χ1) is 8.50. The molecule has 0 heterocycles. The summed E-state index contributed by atoms with van der Waals surface area (Å²) in [5, 5.41) is 3.38. The minimum atomic E-state index is -2.97. The number of hydrogen-bond donors (Lipinski definition) is 2. The van der Waals surface area contributed by atoms with Gasteiger partial charge in [0.25, 0.3) is 0 Å². The molecule has 0 bridgehead atoms. The van der Waals surface area contributed by atoms with Crippen LogP contribution in [0.25, 0.3) is 0 Å². The second-order valence-electron chi connectivity index (χ2n) is 2.98. The minimum Gasteiger partial charge on any atom is -0.434 e. The fraction of sp³-hybridized carbons (Fsp3) is 0.100. The third kappa shape index (κ3) is 4.16. The Kier molecular flexibility index (Phi) is 4.73. The number of hydrazone groups is 1. The third-order valence-corrected chi connectivity index (χ3v) is 1.73. The van der Waals surface area contributed by atoms with E-state index in [0.29, 0.717) is 0 Å². The number of alkyl halides is 2. The summed E-state index contributed by atoms with van der Waals surface area (Å²) in [5.74, 6) is -2.42. The van der Waals surface area contributed by atoms with Crippen molar-refractivity contribution in [3.63, 3.8) is 0 Å². The Labute approximate surface area is 100 Å². The smallest absolute Gasteiger partial charge is 0.387 e. The second-order valence-corrected chi connectivity index (χ2v) is 2.98. The molecule has 1 aromatic carbocycles. The topological polar surface area (TPSA) is 93.8 Å². The van der Waals surface area contributed by atoms with Crippen molar-refractivity contribution in [3.8, 4) is 5.75 Å². The fourth-order valence-corrected chi connectivity index (χ4v) is 1.01. The predicted octanol–water partition coefficient (Wildman–Crippen LogP) is 0.223. The lowest BCUT2D eigenvalue weighted by molar-refractivity contribution is -0.137. The van der Waals surface area contributed by atoms with Crippen molar-refractivity contribution in [3.05, 3.63) is 29.8 Å². The number of primary amides is 1. The molecule has 0 aliphatic carbocycles. The van der Waals surface area contributed by atoms with Crippen LogP contribution in [0, 0.1) is 0 Å². The second kappa shape index (κ2) is 6.28. The van der Waals surface area contributed by atoms with Crippen molar-refractivity contribution in [1.29, 1.82) is 0 Å². The predicted molar refractivity (Wildman–Crippen MR) is 58.0 cm³/mol. The van der Waals surface area contributed by atoms with E-state index in [9.17, 15) is 18.4 Å². The molecule has 1 rings (SSSR count). The molecular formula is C10H9F2N3O3. The zero-order chi connectivity index (χ0) is 13.5. The van der Waals surface area contributed by atoms with E-state index in [1.54, 1.807) is 6.07 Å². The number of hydrogen-bond acceptors (Lipinski definition) is 4. The summed E-state index contributed by atoms with van der Waals surface area (Å²) < 4.78 is 28.3. The number of para-hydroxylation sites is 1. The van der Waals surface area contributed by atoms with Crippen molar-refractivity contribution >= 4 is 18.0 Å². The van der Waals surface area contributed by atoms with Crippen molar-refractivity contribution in [2.75, 3.05) is 0 Å². The highest BCUT2D eigenvalue weighted by atomic mass is 19.3. The zero-order valence-electron chi connectivity index (χ0n) is 8.97. The van der Waals surface area contributed by atoms with Crippen LogP contribution in [0.2, 0.25) is 0 Å². The van der Waals surface area contributed by atoms with Crippen LogP contribution in [0.5, 0.6) is 5.75 Å². The third-order valence-electron chi connectivity index (χ3n) is 1.73. The summed E-state index contributed by atoms with van der Waals surface area (Å²) in [5.41, 5.74) is 6.70. The number of nitrogens with two attached hydrogens (primary N) is 1. The van der Waals surface area contributed by atoms with Crippen molar-refractivity contribution in [2.24, 2.45) is 10.8 Å². The number of benzene rings is 1. The van der Waals surface area contributed by atoms with Crippen LogP contribution >= 0.6 is 0 Å². The SMILES string of the molecule is NC(=O)C(=O)N/N=C\c1ccccc1OC(F)F. The Balaban J connectivity index is 2.74. The van der Waals surface area contributed by atoms with Gasteiger partial charge in [0, 0.05) is 5.56 Å². The Bertz CT molecular complexity index is 477. The summed E-state index contributed by atoms with van der Waals surface area (Å²) >= 11 is 0. The van der Waals surface area contributed by atoms with Crippen molar-refractivity contribution in [1.82, 2.24) is 5.43 Å². The van der Waals surface area contributed by atoms with Crippen LogP contribution in [0.15, 0.2) is 29.4 Å². The quantitative estimate of drug-likeness (QED) is 0.459. The van der Waals surface area contributed by atoms with Gasteiger partial charge in [-0.15, -0.1) is 0 Å². The number of nitrogens with zero attached hydrogens (tertiary/aromatic N) is 1. The Morgan fingerprint density at radius 3 is 2.67 bits per heavy atom. The lowest BCUT2D eigenvalue weighted by Gasteiger charge is -2.06. The molecule has 0 radical (unpaired) electrons. The number of nitrogens with one attached hydrogen (secondary N) is 1. The summed E-state index contributed by atoms with van der Waals surface area (Å²) in [6, 6.07) is 5.81. The van der Waals surface area contributed by atoms with Crippen molar-refractivity contribution < 1.29 is 23.1 Å². The Morgan fingerprint density at radius 2 is 2.06 bits per heavy atom. The fourth-order valence-electron chi connectivity index (χ4n) is 1.01. The average molecular weight is 257 g/mol. The summed E-state index contributed by atoms with van der Waals surface area (Å²) in [6.07, 6.45) is 1.05. The van der Waals surface area contributed by atoms with E-state index in [1.165, 1.54) is 18.2 Å². The molecule has 0 aliphatic heterocycles. The number of amides is 2. The van der Waals surface area contributed by atoms with Gasteiger partial charge in [-0.1, -0.05) is 12.1 Å². The van der Waals surface area contributed by atoms with Gasteiger partial charge >= 0.3 is 18.4 Å². The van der Waals surface area contributed by atoms with E-state index in [2.05, 4.69) is 15.6 Å². The molecule has 18 heavy (non-hydrogen) atoms. The molecule has 8 heteroatoms. The van der Waals surface area contributed by atoms with E-state index in [0.717, 1.165) is 6.21 Å². The van der Waals surface area contributed by atoms with Crippen molar-refractivity contribution in [2.45, 2.75) is 6.61 Å². The normalized spacial score (nSPS) is 10.6. The molecule has 0 aromatic heterocycles. The molecule has 1 aromatic rings. The minimum absolute atomic E-state index is 0.107. The molecule has 96 valence electrons. The largest absolute Gasteiger partial charge is 0.434 e. The molecule has 6 nitrogen and oxygen atoms in total. The average Bonchev–Trinajstić information content (AvgIpc) is 2.30. The van der Waals surface area contributed by atoms with Crippen LogP contribution in [0.1, 0.15) is 5.56 Å². The Hall–Kier alpha value is -2.51. The molecular weight excluding hydrogens is 248 g/mol. The van der Waals surface area contributed by atoms with Gasteiger partial charge in [0.05, 0.1) is 6.21 Å². The van der Waals surface area contributed by atoms with Gasteiger partial charge in [0.2, 0.25) is 0 Å². The summed E-state index contributed by atoms with van der Waals surface area (Å²) in [4.78, 5) is 21.1. The highest BCUT2D eigenvalue weighted by molar-refractivity contribution is 6.34. The van der Waals surface area contributed by atoms with E-state index in [-0.39, 0.29) is 11.3 Å². The lowest BCUT2D eigenvalue weighted by atomic mass is 10.2. The lowest BCUT2D eigenvalue weighted by Crippen LogP contribution is -2.32. The molecule has 0 aliphatic rings. The molecule has 0 atom stereocenters. The first-order valence-electron chi connectivity index (χ1n) is 4.67. The van der Waals surface area contributed by atoms with Gasteiger partial charge in [0.15, 0.2) is 0 Å². The maximum atomic E-state index is 12.1. The zero-order valence-corrected chi connectivity index (χ0v) is 8.97. The van der Waals surface area contributed by atoms with Gasteiger partial charge in [0.1, 0.15) is 5.75 Å². The van der Waals surface area contributed by atoms with Gasteiger partial charge in [-0.3, -0.25) is 9.59 Å². The number of carbonyl (C=O) groups is 2. The van der Waals surface area contributed by atoms with Gasteiger partial charge in [-0.05, 0) is 12.1 Å². The Morgan fingerprint density at radius 1 is 1.39 bits per heavy atom. The van der Waals surface area contributed by atoms with Gasteiger partial charge in [-0.25, -0.2) is 5.43 Å². The molecule has 2 amide bonds. The van der Waals surface area contributed by atoms with E-state index < -0.39 is 18.4 Å². The number of halogens is 2. The van der Waals surface area contributed by atoms with E-state index >= 15 is 0 Å². The van der Waals surface area contributed by atoms with E-state index in [4.69, 9.17) is 0 Å². The number of rotatable bonds is 4. The highest BCUT2D eigenvalue weighted by Gasteiger charge is 2.08. The van der Waals surface area contributed by atoms with E-state index in [1.807, 2.05) is 5.43 Å². The molecule has 0 saturated heterocycles. The monoisotopic (exact) mass is 257 g/mol. The first-order valence-corrected chi connectivity index (χ1v) is 4.67. The van der Waals surface area contributed by atoms with Gasteiger partial charge < -0.3 is 10.5 Å². The van der Waals surface area contributed by atoms with Crippen LogP contribution < -0.4 is 15.9 Å². The molecule has 0 unspecified atom stereocenters. The molecule has 3 N–H and O–H groups in total.